The Morgan fingerprint density at radius 3 is 2.89 bits per heavy atom. The van der Waals surface area contributed by atoms with Gasteiger partial charge in [0.25, 0.3) is 0 Å². The van der Waals surface area contributed by atoms with Gasteiger partial charge in [0.05, 0.1) is 12.3 Å². The minimum atomic E-state index is -0.859. The molecule has 0 saturated carbocycles. The lowest BCUT2D eigenvalue weighted by Crippen LogP contribution is -2.34. The maximum absolute atomic E-state index is 10.5. The van der Waals surface area contributed by atoms with E-state index in [-0.39, 0.29) is 5.75 Å². The van der Waals surface area contributed by atoms with Crippen LogP contribution in [0.2, 0.25) is 0 Å². The smallest absolute Gasteiger partial charge is 0.313 e. The zero-order valence-electron chi connectivity index (χ0n) is 10.3. The second kappa shape index (κ2) is 6.14. The van der Waals surface area contributed by atoms with E-state index in [0.717, 1.165) is 24.9 Å². The Morgan fingerprint density at radius 2 is 2.22 bits per heavy atom. The number of aliphatic carboxylic acids is 1. The van der Waals surface area contributed by atoms with E-state index in [1.165, 1.54) is 12.8 Å². The van der Waals surface area contributed by atoms with Crippen LogP contribution in [0.4, 0.5) is 0 Å². The average Bonchev–Trinajstić information content (AvgIpc) is 2.97. The Hall–Kier alpha value is -1.15. The molecule has 0 aliphatic carbocycles. The molecule has 1 saturated heterocycles. The Morgan fingerprint density at radius 1 is 1.50 bits per heavy atom. The summed E-state index contributed by atoms with van der Waals surface area (Å²) in [5, 5.41) is 20.6. The van der Waals surface area contributed by atoms with E-state index in [0.29, 0.717) is 17.7 Å². The standard InChI is InChI=1S/C10H17N5O2S/c1-8(14-4-2-3-5-14)6-15-10(11-12-13-15)18-7-9(16)17/h8H,2-7H2,1H3,(H,16,17). The average molecular weight is 271 g/mol. The van der Waals surface area contributed by atoms with Gasteiger partial charge in [0.15, 0.2) is 0 Å². The summed E-state index contributed by atoms with van der Waals surface area (Å²) < 4.78 is 1.69. The van der Waals surface area contributed by atoms with Gasteiger partial charge in [0.2, 0.25) is 5.16 Å². The monoisotopic (exact) mass is 271 g/mol. The molecule has 1 aromatic heterocycles. The van der Waals surface area contributed by atoms with Gasteiger partial charge in [-0.1, -0.05) is 11.8 Å². The van der Waals surface area contributed by atoms with Gasteiger partial charge in [-0.15, -0.1) is 5.10 Å². The highest BCUT2D eigenvalue weighted by Gasteiger charge is 2.20. The van der Waals surface area contributed by atoms with Crippen LogP contribution in [0.15, 0.2) is 5.16 Å². The molecule has 0 bridgehead atoms. The summed E-state index contributed by atoms with van der Waals surface area (Å²) in [5.41, 5.74) is 0. The van der Waals surface area contributed by atoms with Crippen LogP contribution in [0.3, 0.4) is 0 Å². The summed E-state index contributed by atoms with van der Waals surface area (Å²) in [7, 11) is 0. The summed E-state index contributed by atoms with van der Waals surface area (Å²) in [4.78, 5) is 12.9. The maximum Gasteiger partial charge on any atom is 0.313 e. The first-order valence-corrected chi connectivity index (χ1v) is 7.00. The van der Waals surface area contributed by atoms with Crippen LogP contribution in [0.1, 0.15) is 19.8 Å². The molecular weight excluding hydrogens is 254 g/mol. The Labute approximate surface area is 110 Å². The Balaban J connectivity index is 1.91. The summed E-state index contributed by atoms with van der Waals surface area (Å²) >= 11 is 1.16. The van der Waals surface area contributed by atoms with Gasteiger partial charge in [0.1, 0.15) is 0 Å². The number of likely N-dealkylation sites (tertiary alicyclic amines) is 1. The number of aromatic nitrogens is 4. The SMILES string of the molecule is CC(Cn1nnnc1SCC(=O)O)N1CCCC1. The molecule has 2 heterocycles. The largest absolute Gasteiger partial charge is 0.481 e. The molecule has 1 fully saturated rings. The predicted octanol–water partition coefficient (Wildman–Crippen LogP) is 0.334. The van der Waals surface area contributed by atoms with E-state index < -0.39 is 5.97 Å². The lowest BCUT2D eigenvalue weighted by atomic mass is 10.3. The number of hydrogen-bond acceptors (Lipinski definition) is 6. The number of carbonyl (C=O) groups is 1. The van der Waals surface area contributed by atoms with E-state index in [9.17, 15) is 4.79 Å². The van der Waals surface area contributed by atoms with Crippen molar-refractivity contribution in [3.8, 4) is 0 Å². The second-order valence-electron chi connectivity index (χ2n) is 4.42. The molecule has 1 atom stereocenters. The number of nitrogens with zero attached hydrogens (tertiary/aromatic N) is 5. The van der Waals surface area contributed by atoms with Gasteiger partial charge in [-0.05, 0) is 43.3 Å². The predicted molar refractivity (Wildman–Crippen MR) is 66.4 cm³/mol. The fraction of sp³-hybridized carbons (Fsp3) is 0.800. The number of rotatable bonds is 6. The molecule has 18 heavy (non-hydrogen) atoms. The third kappa shape index (κ3) is 3.42. The van der Waals surface area contributed by atoms with Crippen LogP contribution < -0.4 is 0 Å². The number of thioether (sulfide) groups is 1. The molecule has 1 aromatic rings. The number of carboxylic acid groups (broad SMARTS) is 1. The van der Waals surface area contributed by atoms with E-state index in [1.54, 1.807) is 4.68 Å². The van der Waals surface area contributed by atoms with Gasteiger partial charge >= 0.3 is 5.97 Å². The highest BCUT2D eigenvalue weighted by Crippen LogP contribution is 2.16. The van der Waals surface area contributed by atoms with Crippen molar-refractivity contribution in [1.29, 1.82) is 0 Å². The topological polar surface area (TPSA) is 84.1 Å². The van der Waals surface area contributed by atoms with E-state index >= 15 is 0 Å². The first-order valence-electron chi connectivity index (χ1n) is 6.01. The highest BCUT2D eigenvalue weighted by atomic mass is 32.2. The van der Waals surface area contributed by atoms with Crippen molar-refractivity contribution in [3.05, 3.63) is 0 Å². The third-order valence-electron chi connectivity index (χ3n) is 3.02. The minimum absolute atomic E-state index is 0.0154. The third-order valence-corrected chi connectivity index (χ3v) is 3.97. The molecule has 0 aromatic carbocycles. The molecule has 100 valence electrons. The molecule has 1 N–H and O–H groups in total. The zero-order valence-corrected chi connectivity index (χ0v) is 11.1. The number of hydrogen-bond donors (Lipinski definition) is 1. The van der Waals surface area contributed by atoms with Crippen LogP contribution in [-0.2, 0) is 11.3 Å². The Kier molecular flexibility index (Phi) is 4.54. The van der Waals surface area contributed by atoms with Crippen molar-refractivity contribution in [3.63, 3.8) is 0 Å². The van der Waals surface area contributed by atoms with Gasteiger partial charge in [-0.25, -0.2) is 4.68 Å². The van der Waals surface area contributed by atoms with Crippen LogP contribution >= 0.6 is 11.8 Å². The highest BCUT2D eigenvalue weighted by molar-refractivity contribution is 7.99. The van der Waals surface area contributed by atoms with E-state index in [4.69, 9.17) is 5.11 Å². The molecule has 2 rings (SSSR count). The summed E-state index contributed by atoms with van der Waals surface area (Å²) in [6.45, 7) is 5.11. The first kappa shape index (κ1) is 13.3. The fourth-order valence-electron chi connectivity index (χ4n) is 2.09. The van der Waals surface area contributed by atoms with Crippen LogP contribution in [0.5, 0.6) is 0 Å². The lowest BCUT2D eigenvalue weighted by molar-refractivity contribution is -0.133. The molecule has 1 aliphatic rings. The van der Waals surface area contributed by atoms with Crippen LogP contribution in [0, 0.1) is 0 Å². The van der Waals surface area contributed by atoms with Crippen LogP contribution in [0.25, 0.3) is 0 Å². The van der Waals surface area contributed by atoms with Crippen molar-refractivity contribution in [2.24, 2.45) is 0 Å². The minimum Gasteiger partial charge on any atom is -0.481 e. The van der Waals surface area contributed by atoms with Gasteiger partial charge in [-0.3, -0.25) is 9.69 Å². The van der Waals surface area contributed by atoms with Crippen molar-refractivity contribution < 1.29 is 9.90 Å². The maximum atomic E-state index is 10.5. The quantitative estimate of drug-likeness (QED) is 0.746. The molecular formula is C10H17N5O2S. The molecule has 0 spiro atoms. The second-order valence-corrected chi connectivity index (χ2v) is 5.36. The number of carboxylic acids is 1. The first-order chi connectivity index (χ1) is 8.66. The van der Waals surface area contributed by atoms with E-state index in [2.05, 4.69) is 27.3 Å². The molecule has 0 amide bonds. The molecule has 1 unspecified atom stereocenters. The van der Waals surface area contributed by atoms with Crippen LogP contribution in [-0.4, -0.2) is 61.1 Å². The van der Waals surface area contributed by atoms with Crippen molar-refractivity contribution in [1.82, 2.24) is 25.1 Å². The molecule has 8 heteroatoms. The zero-order chi connectivity index (χ0) is 13.0. The molecule has 1 aliphatic heterocycles. The van der Waals surface area contributed by atoms with Gasteiger partial charge in [0, 0.05) is 6.04 Å². The van der Waals surface area contributed by atoms with Gasteiger partial charge < -0.3 is 5.11 Å². The van der Waals surface area contributed by atoms with Gasteiger partial charge in [-0.2, -0.15) is 0 Å². The lowest BCUT2D eigenvalue weighted by Gasteiger charge is -2.23. The van der Waals surface area contributed by atoms with E-state index in [1.807, 2.05) is 0 Å². The van der Waals surface area contributed by atoms with Crippen molar-refractivity contribution in [2.45, 2.75) is 37.5 Å². The Bertz CT molecular complexity index is 405. The normalized spacial score (nSPS) is 18.1. The summed E-state index contributed by atoms with van der Waals surface area (Å²) in [6.07, 6.45) is 2.50. The summed E-state index contributed by atoms with van der Waals surface area (Å²) in [6, 6.07) is 0.375. The number of tetrazole rings is 1. The fourth-order valence-corrected chi connectivity index (χ4v) is 2.70. The molecule has 7 nitrogen and oxygen atoms in total. The summed E-state index contributed by atoms with van der Waals surface area (Å²) in [5.74, 6) is -0.875. The van der Waals surface area contributed by atoms with Crippen molar-refractivity contribution in [2.75, 3.05) is 18.8 Å². The van der Waals surface area contributed by atoms with Crippen molar-refractivity contribution >= 4 is 17.7 Å². The molecule has 0 radical (unpaired) electrons.